The van der Waals surface area contributed by atoms with E-state index in [1.54, 1.807) is 42.4 Å². The van der Waals surface area contributed by atoms with Gasteiger partial charge in [-0.25, -0.2) is 4.79 Å². The van der Waals surface area contributed by atoms with E-state index in [4.69, 9.17) is 4.74 Å². The fourth-order valence-corrected chi connectivity index (χ4v) is 2.39. The van der Waals surface area contributed by atoms with E-state index in [0.717, 1.165) is 11.1 Å². The van der Waals surface area contributed by atoms with Crippen molar-refractivity contribution in [2.24, 2.45) is 0 Å². The average molecular weight is 353 g/mol. The summed E-state index contributed by atoms with van der Waals surface area (Å²) in [6, 6.07) is 16.7. The number of nitrogens with zero attached hydrogens (tertiary/aromatic N) is 1. The number of methoxy groups -OCH3 is 2. The lowest BCUT2D eigenvalue weighted by molar-refractivity contribution is -0.127. The van der Waals surface area contributed by atoms with Crippen LogP contribution in [0.15, 0.2) is 60.7 Å². The lowest BCUT2D eigenvalue weighted by Crippen LogP contribution is -2.32. The molecule has 5 nitrogen and oxygen atoms in total. The molecule has 1 amide bonds. The van der Waals surface area contributed by atoms with E-state index >= 15 is 0 Å². The molecule has 26 heavy (non-hydrogen) atoms. The van der Waals surface area contributed by atoms with Gasteiger partial charge in [-0.2, -0.15) is 0 Å². The highest BCUT2D eigenvalue weighted by atomic mass is 16.5. The monoisotopic (exact) mass is 353 g/mol. The van der Waals surface area contributed by atoms with Crippen LogP contribution in [0.4, 0.5) is 0 Å². The first-order valence-electron chi connectivity index (χ1n) is 8.32. The standard InChI is InChI=1S/C21H23NO4/c1-25-15-14-22(16-18-6-4-3-5-7-18)20(23)13-10-17-8-11-19(12-9-17)21(24)26-2/h3-13H,14-16H2,1-2H3/b13-10+. The number of rotatable bonds is 8. The van der Waals surface area contributed by atoms with E-state index in [1.807, 2.05) is 30.3 Å². The van der Waals surface area contributed by atoms with Gasteiger partial charge in [0, 0.05) is 26.3 Å². The normalized spacial score (nSPS) is 10.7. The highest BCUT2D eigenvalue weighted by Gasteiger charge is 2.11. The van der Waals surface area contributed by atoms with E-state index in [-0.39, 0.29) is 11.9 Å². The molecule has 0 aliphatic heterocycles. The maximum absolute atomic E-state index is 12.6. The first-order chi connectivity index (χ1) is 12.6. The zero-order valence-corrected chi connectivity index (χ0v) is 15.1. The van der Waals surface area contributed by atoms with Crippen LogP contribution in [-0.4, -0.2) is 44.1 Å². The van der Waals surface area contributed by atoms with E-state index in [0.29, 0.717) is 25.3 Å². The fourth-order valence-electron chi connectivity index (χ4n) is 2.39. The van der Waals surface area contributed by atoms with E-state index in [2.05, 4.69) is 4.74 Å². The Morgan fingerprint density at radius 2 is 1.69 bits per heavy atom. The van der Waals surface area contributed by atoms with Gasteiger partial charge in [0.2, 0.25) is 5.91 Å². The van der Waals surface area contributed by atoms with Gasteiger partial charge in [0.1, 0.15) is 0 Å². The van der Waals surface area contributed by atoms with Gasteiger partial charge in [-0.3, -0.25) is 4.79 Å². The van der Waals surface area contributed by atoms with Crippen molar-refractivity contribution >= 4 is 18.0 Å². The lowest BCUT2D eigenvalue weighted by atomic mass is 10.1. The van der Waals surface area contributed by atoms with Crippen molar-refractivity contribution in [1.29, 1.82) is 0 Å². The summed E-state index contributed by atoms with van der Waals surface area (Å²) in [5.41, 5.74) is 2.37. The van der Waals surface area contributed by atoms with Gasteiger partial charge in [0.15, 0.2) is 0 Å². The molecule has 2 aromatic rings. The number of hydrogen-bond acceptors (Lipinski definition) is 4. The number of ether oxygens (including phenoxy) is 2. The van der Waals surface area contributed by atoms with Crippen LogP contribution in [0, 0.1) is 0 Å². The molecule has 0 unspecified atom stereocenters. The Morgan fingerprint density at radius 3 is 2.31 bits per heavy atom. The number of carbonyl (C=O) groups excluding carboxylic acids is 2. The molecule has 0 bridgehead atoms. The average Bonchev–Trinajstić information content (AvgIpc) is 2.69. The van der Waals surface area contributed by atoms with Crippen molar-refractivity contribution in [2.45, 2.75) is 6.54 Å². The second-order valence-electron chi connectivity index (χ2n) is 5.69. The molecule has 0 atom stereocenters. The van der Waals surface area contributed by atoms with Gasteiger partial charge in [-0.1, -0.05) is 42.5 Å². The van der Waals surface area contributed by atoms with Crippen LogP contribution < -0.4 is 0 Å². The SMILES string of the molecule is COCCN(Cc1ccccc1)C(=O)/C=C/c1ccc(C(=O)OC)cc1. The molecule has 0 spiro atoms. The minimum Gasteiger partial charge on any atom is -0.465 e. The van der Waals surface area contributed by atoms with Crippen LogP contribution in [0.2, 0.25) is 0 Å². The Balaban J connectivity index is 2.05. The molecule has 2 rings (SSSR count). The van der Waals surface area contributed by atoms with E-state index < -0.39 is 0 Å². The highest BCUT2D eigenvalue weighted by molar-refractivity contribution is 5.92. The molecule has 0 fully saturated rings. The Morgan fingerprint density at radius 1 is 1.00 bits per heavy atom. The Hall–Kier alpha value is -2.92. The molecule has 5 heteroatoms. The summed E-state index contributed by atoms with van der Waals surface area (Å²) in [5.74, 6) is -0.479. The number of carbonyl (C=O) groups is 2. The summed E-state index contributed by atoms with van der Waals surface area (Å²) >= 11 is 0. The molecule has 2 aromatic carbocycles. The maximum atomic E-state index is 12.6. The lowest BCUT2D eigenvalue weighted by Gasteiger charge is -2.21. The Kier molecular flexibility index (Phi) is 7.58. The minimum absolute atomic E-state index is 0.0945. The van der Waals surface area contributed by atoms with Gasteiger partial charge >= 0.3 is 5.97 Å². The molecule has 0 aliphatic carbocycles. The summed E-state index contributed by atoms with van der Waals surface area (Å²) in [6.07, 6.45) is 3.26. The zero-order valence-electron chi connectivity index (χ0n) is 15.1. The molecule has 0 saturated carbocycles. The Labute approximate surface area is 153 Å². The summed E-state index contributed by atoms with van der Waals surface area (Å²) in [6.45, 7) is 1.50. The zero-order chi connectivity index (χ0) is 18.8. The van der Waals surface area contributed by atoms with Crippen LogP contribution in [0.3, 0.4) is 0 Å². The third kappa shape index (κ3) is 5.86. The minimum atomic E-state index is -0.384. The second-order valence-corrected chi connectivity index (χ2v) is 5.69. The van der Waals surface area contributed by atoms with Crippen molar-refractivity contribution in [2.75, 3.05) is 27.4 Å². The predicted octanol–water partition coefficient (Wildman–Crippen LogP) is 3.16. The molecular formula is C21H23NO4. The van der Waals surface area contributed by atoms with Gasteiger partial charge in [-0.05, 0) is 29.3 Å². The van der Waals surface area contributed by atoms with Gasteiger partial charge in [0.05, 0.1) is 19.3 Å². The predicted molar refractivity (Wildman–Crippen MR) is 101 cm³/mol. The van der Waals surface area contributed by atoms with Crippen molar-refractivity contribution in [3.8, 4) is 0 Å². The topological polar surface area (TPSA) is 55.8 Å². The summed E-state index contributed by atoms with van der Waals surface area (Å²) < 4.78 is 9.78. The fraction of sp³-hybridized carbons (Fsp3) is 0.238. The van der Waals surface area contributed by atoms with Gasteiger partial charge in [0.25, 0.3) is 0 Å². The summed E-state index contributed by atoms with van der Waals surface area (Å²) in [4.78, 5) is 25.7. The van der Waals surface area contributed by atoms with Crippen molar-refractivity contribution < 1.29 is 19.1 Å². The first kappa shape index (κ1) is 19.4. The molecule has 136 valence electrons. The van der Waals surface area contributed by atoms with Crippen molar-refractivity contribution in [1.82, 2.24) is 4.90 Å². The largest absolute Gasteiger partial charge is 0.465 e. The van der Waals surface area contributed by atoms with Crippen LogP contribution in [0.25, 0.3) is 6.08 Å². The van der Waals surface area contributed by atoms with Crippen LogP contribution in [0.1, 0.15) is 21.5 Å². The second kappa shape index (κ2) is 10.2. The summed E-state index contributed by atoms with van der Waals surface area (Å²) in [7, 11) is 2.96. The summed E-state index contributed by atoms with van der Waals surface area (Å²) in [5, 5.41) is 0. The van der Waals surface area contributed by atoms with Crippen molar-refractivity contribution in [3.63, 3.8) is 0 Å². The van der Waals surface area contributed by atoms with Gasteiger partial charge < -0.3 is 14.4 Å². The molecule has 0 aliphatic rings. The smallest absolute Gasteiger partial charge is 0.337 e. The molecular weight excluding hydrogens is 330 g/mol. The highest BCUT2D eigenvalue weighted by Crippen LogP contribution is 2.09. The van der Waals surface area contributed by atoms with E-state index in [9.17, 15) is 9.59 Å². The van der Waals surface area contributed by atoms with Gasteiger partial charge in [-0.15, -0.1) is 0 Å². The quantitative estimate of drug-likeness (QED) is 0.540. The third-order valence-electron chi connectivity index (χ3n) is 3.84. The Bertz CT molecular complexity index is 738. The first-order valence-corrected chi connectivity index (χ1v) is 8.32. The molecule has 0 aromatic heterocycles. The molecule has 0 N–H and O–H groups in total. The van der Waals surface area contributed by atoms with Crippen molar-refractivity contribution in [3.05, 3.63) is 77.4 Å². The number of benzene rings is 2. The van der Waals surface area contributed by atoms with Crippen LogP contribution in [-0.2, 0) is 20.8 Å². The molecule has 0 heterocycles. The number of hydrogen-bond donors (Lipinski definition) is 0. The van der Waals surface area contributed by atoms with E-state index in [1.165, 1.54) is 13.2 Å². The maximum Gasteiger partial charge on any atom is 0.337 e. The van der Waals surface area contributed by atoms with Crippen LogP contribution >= 0.6 is 0 Å². The molecule has 0 radical (unpaired) electrons. The number of esters is 1. The number of amides is 1. The third-order valence-corrected chi connectivity index (χ3v) is 3.84. The van der Waals surface area contributed by atoms with Crippen LogP contribution in [0.5, 0.6) is 0 Å². The molecule has 0 saturated heterocycles.